The number of nitrogens with zero attached hydrogens (tertiary/aromatic N) is 1. The highest BCUT2D eigenvalue weighted by atomic mass is 32.2. The molecule has 1 heterocycles. The molecule has 0 saturated carbocycles. The molecule has 0 amide bonds. The summed E-state index contributed by atoms with van der Waals surface area (Å²) in [4.78, 5) is 6.50. The third kappa shape index (κ3) is 1.83. The minimum atomic E-state index is -4.52. The van der Waals surface area contributed by atoms with E-state index in [2.05, 4.69) is 9.97 Å². The number of H-pyrrole nitrogens is 1. The zero-order chi connectivity index (χ0) is 10.2. The minimum Gasteiger partial charge on any atom is -0.731 e. The highest BCUT2D eigenvalue weighted by Crippen LogP contribution is 2.13. The lowest BCUT2D eigenvalue weighted by Gasteiger charge is -2.05. The monoisotopic (exact) mass is 212 g/mol. The van der Waals surface area contributed by atoms with E-state index in [9.17, 15) is 13.0 Å². The summed E-state index contributed by atoms with van der Waals surface area (Å²) in [7, 11) is -4.52. The quantitative estimate of drug-likeness (QED) is 0.705. The number of hydrogen-bond acceptors (Lipinski definition) is 4. The molecule has 7 heteroatoms. The van der Waals surface area contributed by atoms with Crippen LogP contribution in [-0.2, 0) is 10.3 Å². The van der Waals surface area contributed by atoms with Gasteiger partial charge in [-0.05, 0) is 12.1 Å². The van der Waals surface area contributed by atoms with Gasteiger partial charge in [0.1, 0.15) is 0 Å². The van der Waals surface area contributed by atoms with Gasteiger partial charge in [-0.1, -0.05) is 12.1 Å². The first kappa shape index (κ1) is 8.97. The summed E-state index contributed by atoms with van der Waals surface area (Å²) in [6.07, 6.45) is 0. The molecule has 0 saturated heterocycles. The van der Waals surface area contributed by atoms with E-state index < -0.39 is 10.3 Å². The van der Waals surface area contributed by atoms with Crippen LogP contribution in [0.25, 0.3) is 11.0 Å². The molecule has 0 aliphatic heterocycles. The number of fused-ring (bicyclic) bond motifs is 1. The highest BCUT2D eigenvalue weighted by Gasteiger charge is 2.02. The van der Waals surface area contributed by atoms with Crippen LogP contribution in [0.5, 0.6) is 0 Å². The summed E-state index contributed by atoms with van der Waals surface area (Å²) >= 11 is 0. The number of aromatic amines is 1. The van der Waals surface area contributed by atoms with Gasteiger partial charge >= 0.3 is 0 Å². The van der Waals surface area contributed by atoms with Crippen molar-refractivity contribution < 1.29 is 13.0 Å². The van der Waals surface area contributed by atoms with Gasteiger partial charge in [-0.15, -0.1) is 0 Å². The maximum Gasteiger partial charge on any atom is 0.214 e. The maximum absolute atomic E-state index is 10.4. The predicted molar refractivity (Wildman–Crippen MR) is 49.4 cm³/mol. The smallest absolute Gasteiger partial charge is 0.214 e. The van der Waals surface area contributed by atoms with Crippen LogP contribution in [0.3, 0.4) is 0 Å². The fraction of sp³-hybridized carbons (Fsp3) is 0. The molecular formula is C7H6N3O3S-. The molecule has 0 radical (unpaired) electrons. The van der Waals surface area contributed by atoms with E-state index in [-0.39, 0.29) is 5.95 Å². The average molecular weight is 212 g/mol. The molecule has 2 N–H and O–H groups in total. The van der Waals surface area contributed by atoms with Crippen molar-refractivity contribution in [3.8, 4) is 0 Å². The summed E-state index contributed by atoms with van der Waals surface area (Å²) in [6, 6.07) is 6.97. The number of aromatic nitrogens is 2. The molecule has 2 rings (SSSR count). The van der Waals surface area contributed by atoms with Crippen LogP contribution in [0.15, 0.2) is 24.3 Å². The Morgan fingerprint density at radius 1 is 1.36 bits per heavy atom. The van der Waals surface area contributed by atoms with Gasteiger partial charge in [0, 0.05) is 0 Å². The first-order valence-electron chi connectivity index (χ1n) is 3.73. The number of anilines is 1. The fourth-order valence-electron chi connectivity index (χ4n) is 1.12. The molecule has 0 spiro atoms. The van der Waals surface area contributed by atoms with Crippen LogP contribution in [0.4, 0.5) is 5.95 Å². The van der Waals surface area contributed by atoms with Gasteiger partial charge in [-0.2, -0.15) is 0 Å². The Morgan fingerprint density at radius 3 is 2.71 bits per heavy atom. The van der Waals surface area contributed by atoms with Crippen LogP contribution < -0.4 is 4.72 Å². The van der Waals surface area contributed by atoms with Crippen LogP contribution in [0, 0.1) is 0 Å². The second-order valence-electron chi connectivity index (χ2n) is 2.66. The second-order valence-corrected chi connectivity index (χ2v) is 3.77. The van der Waals surface area contributed by atoms with Crippen molar-refractivity contribution in [1.82, 2.24) is 9.97 Å². The number of hydrogen-bond donors (Lipinski definition) is 2. The van der Waals surface area contributed by atoms with Crippen molar-refractivity contribution in [3.63, 3.8) is 0 Å². The lowest BCUT2D eigenvalue weighted by Crippen LogP contribution is -2.11. The van der Waals surface area contributed by atoms with Gasteiger partial charge in [-0.25, -0.2) is 13.4 Å². The van der Waals surface area contributed by atoms with E-state index >= 15 is 0 Å². The van der Waals surface area contributed by atoms with Crippen molar-refractivity contribution in [3.05, 3.63) is 24.3 Å². The molecule has 0 fully saturated rings. The van der Waals surface area contributed by atoms with Gasteiger partial charge in [0.25, 0.3) is 0 Å². The zero-order valence-electron chi connectivity index (χ0n) is 6.89. The molecule has 6 nitrogen and oxygen atoms in total. The standard InChI is InChI=1S/C7H7N3O3S/c11-14(12,13)10-7-8-5-3-1-2-4-6(5)9-7/h1-4H,(H2,8,9,10)(H,11,12,13)/p-1. The molecule has 74 valence electrons. The Bertz CT molecular complexity index is 527. The van der Waals surface area contributed by atoms with E-state index in [4.69, 9.17) is 0 Å². The summed E-state index contributed by atoms with van der Waals surface area (Å²) in [5, 5.41) is 0. The predicted octanol–water partition coefficient (Wildman–Crippen LogP) is 0.435. The second kappa shape index (κ2) is 2.96. The molecule has 2 aromatic rings. The normalized spacial score (nSPS) is 11.8. The van der Waals surface area contributed by atoms with Crippen molar-refractivity contribution in [2.45, 2.75) is 0 Å². The summed E-state index contributed by atoms with van der Waals surface area (Å²) < 4.78 is 32.8. The lowest BCUT2D eigenvalue weighted by atomic mass is 10.3. The molecule has 1 aromatic heterocycles. The van der Waals surface area contributed by atoms with Crippen LogP contribution in [-0.4, -0.2) is 22.9 Å². The molecular weight excluding hydrogens is 206 g/mol. The fourth-order valence-corrected chi connectivity index (χ4v) is 1.45. The van der Waals surface area contributed by atoms with E-state index in [0.717, 1.165) is 0 Å². The van der Waals surface area contributed by atoms with Gasteiger partial charge in [-0.3, -0.25) is 4.72 Å². The lowest BCUT2D eigenvalue weighted by molar-refractivity contribution is 0.469. The van der Waals surface area contributed by atoms with Gasteiger partial charge in [0.2, 0.25) is 5.95 Å². The molecule has 0 aliphatic rings. The minimum absolute atomic E-state index is 0.0683. The Balaban J connectivity index is 2.46. The Kier molecular flexibility index (Phi) is 1.90. The van der Waals surface area contributed by atoms with Crippen LogP contribution >= 0.6 is 0 Å². The van der Waals surface area contributed by atoms with Crippen LogP contribution in [0.2, 0.25) is 0 Å². The molecule has 14 heavy (non-hydrogen) atoms. The van der Waals surface area contributed by atoms with Crippen molar-refractivity contribution in [1.29, 1.82) is 0 Å². The summed E-state index contributed by atoms with van der Waals surface area (Å²) in [5.41, 5.74) is 1.26. The van der Waals surface area contributed by atoms with E-state index in [1.54, 1.807) is 29.0 Å². The van der Waals surface area contributed by atoms with Gasteiger partial charge < -0.3 is 9.54 Å². The Morgan fingerprint density at radius 2 is 2.07 bits per heavy atom. The average Bonchev–Trinajstić information content (AvgIpc) is 2.42. The Labute approximate surface area is 79.9 Å². The number of imidazole rings is 1. The van der Waals surface area contributed by atoms with Crippen molar-refractivity contribution >= 4 is 27.3 Å². The third-order valence-corrected chi connectivity index (χ3v) is 2.05. The zero-order valence-corrected chi connectivity index (χ0v) is 7.71. The molecule has 0 aliphatic carbocycles. The van der Waals surface area contributed by atoms with Crippen LogP contribution in [0.1, 0.15) is 0 Å². The van der Waals surface area contributed by atoms with E-state index in [0.29, 0.717) is 11.0 Å². The van der Waals surface area contributed by atoms with Gasteiger partial charge in [0.15, 0.2) is 10.3 Å². The number of nitrogens with one attached hydrogen (secondary N) is 2. The van der Waals surface area contributed by atoms with Gasteiger partial charge in [0.05, 0.1) is 11.0 Å². The molecule has 0 bridgehead atoms. The first-order chi connectivity index (χ1) is 6.54. The topological polar surface area (TPSA) is 97.9 Å². The highest BCUT2D eigenvalue weighted by molar-refractivity contribution is 7.87. The number of rotatable bonds is 2. The van der Waals surface area contributed by atoms with Crippen molar-refractivity contribution in [2.75, 3.05) is 4.72 Å². The largest absolute Gasteiger partial charge is 0.731 e. The molecule has 0 unspecified atom stereocenters. The van der Waals surface area contributed by atoms with E-state index in [1.807, 2.05) is 0 Å². The number of para-hydroxylation sites is 2. The number of benzene rings is 1. The molecule has 0 atom stereocenters. The maximum atomic E-state index is 10.4. The SMILES string of the molecule is O=S(=O)([O-])Nc1nc2ccccc2[nH]1. The van der Waals surface area contributed by atoms with E-state index in [1.165, 1.54) is 0 Å². The molecule has 1 aromatic carbocycles. The first-order valence-corrected chi connectivity index (χ1v) is 5.14. The summed E-state index contributed by atoms with van der Waals surface area (Å²) in [6.45, 7) is 0. The summed E-state index contributed by atoms with van der Waals surface area (Å²) in [5.74, 6) is -0.0683. The third-order valence-electron chi connectivity index (χ3n) is 1.61. The Hall–Kier alpha value is -1.60. The van der Waals surface area contributed by atoms with Crippen molar-refractivity contribution in [2.24, 2.45) is 0 Å².